The lowest BCUT2D eigenvalue weighted by Crippen LogP contribution is -2.21. The molecule has 3 rings (SSSR count). The zero-order valence-corrected chi connectivity index (χ0v) is 12.6. The van der Waals surface area contributed by atoms with Crippen molar-refractivity contribution < 1.29 is 4.79 Å². The Kier molecular flexibility index (Phi) is 4.16. The summed E-state index contributed by atoms with van der Waals surface area (Å²) in [6, 6.07) is 15.2. The van der Waals surface area contributed by atoms with Crippen molar-refractivity contribution in [2.24, 2.45) is 0 Å². The van der Waals surface area contributed by atoms with E-state index in [0.29, 0.717) is 17.1 Å². The van der Waals surface area contributed by atoms with Gasteiger partial charge in [-0.1, -0.05) is 18.2 Å². The average Bonchev–Trinajstić information content (AvgIpc) is 3.04. The van der Waals surface area contributed by atoms with Gasteiger partial charge < -0.3 is 11.1 Å². The number of rotatable bonds is 4. The number of amides is 1. The van der Waals surface area contributed by atoms with E-state index in [1.807, 2.05) is 48.5 Å². The van der Waals surface area contributed by atoms with Crippen molar-refractivity contribution in [2.75, 3.05) is 5.73 Å². The molecule has 4 nitrogen and oxygen atoms in total. The molecule has 0 unspecified atom stereocenters. The fourth-order valence-corrected chi connectivity index (χ4v) is 3.00. The molecule has 1 aromatic carbocycles. The van der Waals surface area contributed by atoms with Gasteiger partial charge in [-0.15, -0.1) is 11.3 Å². The van der Waals surface area contributed by atoms with E-state index in [1.165, 1.54) is 11.3 Å². The number of anilines is 1. The lowest BCUT2D eigenvalue weighted by Gasteiger charge is -2.03. The van der Waals surface area contributed by atoms with Crippen LogP contribution in [0.3, 0.4) is 0 Å². The first-order chi connectivity index (χ1) is 10.7. The molecule has 1 amide bonds. The van der Waals surface area contributed by atoms with Crippen LogP contribution in [0.2, 0.25) is 0 Å². The van der Waals surface area contributed by atoms with Gasteiger partial charge in [0.05, 0.1) is 4.88 Å². The number of pyridine rings is 1. The molecular formula is C17H15N3OS. The molecule has 110 valence electrons. The molecule has 0 aliphatic rings. The Balaban J connectivity index is 1.69. The van der Waals surface area contributed by atoms with Crippen LogP contribution in [0.1, 0.15) is 15.2 Å². The Morgan fingerprint density at radius 1 is 1.18 bits per heavy atom. The van der Waals surface area contributed by atoms with E-state index in [9.17, 15) is 4.79 Å². The highest BCUT2D eigenvalue weighted by Crippen LogP contribution is 2.29. The largest absolute Gasteiger partial charge is 0.399 e. The number of benzene rings is 1. The van der Waals surface area contributed by atoms with Crippen molar-refractivity contribution in [1.82, 2.24) is 10.3 Å². The number of nitrogens with one attached hydrogen (secondary N) is 1. The first-order valence-electron chi connectivity index (χ1n) is 6.85. The third-order valence-electron chi connectivity index (χ3n) is 3.18. The summed E-state index contributed by atoms with van der Waals surface area (Å²) in [4.78, 5) is 17.9. The molecule has 22 heavy (non-hydrogen) atoms. The van der Waals surface area contributed by atoms with E-state index in [1.54, 1.807) is 12.4 Å². The Morgan fingerprint density at radius 3 is 2.86 bits per heavy atom. The minimum atomic E-state index is -0.0796. The molecule has 0 radical (unpaired) electrons. The van der Waals surface area contributed by atoms with E-state index in [0.717, 1.165) is 16.0 Å². The third kappa shape index (κ3) is 3.32. The molecule has 0 aliphatic heterocycles. The summed E-state index contributed by atoms with van der Waals surface area (Å²) in [5.74, 6) is -0.0796. The standard InChI is InChI=1S/C17H15N3OS/c18-14-5-1-4-13(9-14)15-6-7-16(22-15)17(21)20-11-12-3-2-8-19-10-12/h1-10H,11,18H2,(H,20,21). The number of carbonyl (C=O) groups excluding carboxylic acids is 1. The normalized spacial score (nSPS) is 10.4. The highest BCUT2D eigenvalue weighted by atomic mass is 32.1. The number of aromatic nitrogens is 1. The summed E-state index contributed by atoms with van der Waals surface area (Å²) >= 11 is 1.45. The monoisotopic (exact) mass is 309 g/mol. The van der Waals surface area contributed by atoms with Crippen LogP contribution < -0.4 is 11.1 Å². The van der Waals surface area contributed by atoms with Crippen LogP contribution in [0, 0.1) is 0 Å². The summed E-state index contributed by atoms with van der Waals surface area (Å²) in [6.07, 6.45) is 3.45. The van der Waals surface area contributed by atoms with Crippen molar-refractivity contribution in [3.63, 3.8) is 0 Å². The lowest BCUT2D eigenvalue weighted by atomic mass is 10.2. The first-order valence-corrected chi connectivity index (χ1v) is 7.67. The van der Waals surface area contributed by atoms with E-state index >= 15 is 0 Å². The number of nitrogens with two attached hydrogens (primary N) is 1. The number of hydrogen-bond donors (Lipinski definition) is 2. The molecule has 0 saturated heterocycles. The van der Waals surface area contributed by atoms with Crippen molar-refractivity contribution in [1.29, 1.82) is 0 Å². The highest BCUT2D eigenvalue weighted by molar-refractivity contribution is 7.17. The molecule has 0 spiro atoms. The summed E-state index contributed by atoms with van der Waals surface area (Å²) in [5.41, 5.74) is 8.51. The van der Waals surface area contributed by atoms with Crippen LogP contribution >= 0.6 is 11.3 Å². The molecular weight excluding hydrogens is 294 g/mol. The van der Waals surface area contributed by atoms with Crippen molar-refractivity contribution in [3.05, 3.63) is 71.4 Å². The zero-order chi connectivity index (χ0) is 15.4. The Hall–Kier alpha value is -2.66. The molecule has 0 bridgehead atoms. The van der Waals surface area contributed by atoms with Crippen LogP contribution in [0.5, 0.6) is 0 Å². The summed E-state index contributed by atoms with van der Waals surface area (Å²) in [5, 5.41) is 2.90. The van der Waals surface area contributed by atoms with E-state index < -0.39 is 0 Å². The maximum Gasteiger partial charge on any atom is 0.261 e. The second-order valence-electron chi connectivity index (χ2n) is 4.83. The molecule has 0 saturated carbocycles. The number of hydrogen-bond acceptors (Lipinski definition) is 4. The summed E-state index contributed by atoms with van der Waals surface area (Å²) in [6.45, 7) is 0.470. The minimum absolute atomic E-state index is 0.0796. The molecule has 3 aromatic rings. The van der Waals surface area contributed by atoms with E-state index in [4.69, 9.17) is 5.73 Å². The summed E-state index contributed by atoms with van der Waals surface area (Å²) in [7, 11) is 0. The van der Waals surface area contributed by atoms with Crippen LogP contribution in [-0.2, 0) is 6.54 Å². The van der Waals surface area contributed by atoms with Crippen LogP contribution in [-0.4, -0.2) is 10.9 Å². The predicted octanol–water partition coefficient (Wildman–Crippen LogP) is 3.32. The van der Waals surface area contributed by atoms with Gasteiger partial charge >= 0.3 is 0 Å². The first kappa shape index (κ1) is 14.3. The maximum absolute atomic E-state index is 12.2. The van der Waals surface area contributed by atoms with Gasteiger partial charge in [0.1, 0.15) is 0 Å². The van der Waals surface area contributed by atoms with Gasteiger partial charge in [-0.05, 0) is 41.5 Å². The predicted molar refractivity (Wildman–Crippen MR) is 89.6 cm³/mol. The van der Waals surface area contributed by atoms with E-state index in [-0.39, 0.29) is 5.91 Å². The number of nitrogens with zero attached hydrogens (tertiary/aromatic N) is 1. The second-order valence-corrected chi connectivity index (χ2v) is 5.92. The number of nitrogen functional groups attached to an aromatic ring is 1. The van der Waals surface area contributed by atoms with Gasteiger partial charge in [0, 0.05) is 29.5 Å². The molecule has 3 N–H and O–H groups in total. The Labute approximate surface area is 132 Å². The van der Waals surface area contributed by atoms with Crippen molar-refractivity contribution >= 4 is 22.9 Å². The van der Waals surface area contributed by atoms with Gasteiger partial charge in [0.2, 0.25) is 0 Å². The fourth-order valence-electron chi connectivity index (χ4n) is 2.08. The van der Waals surface area contributed by atoms with Gasteiger partial charge in [-0.3, -0.25) is 9.78 Å². The van der Waals surface area contributed by atoms with Crippen LogP contribution in [0.25, 0.3) is 10.4 Å². The number of carbonyl (C=O) groups is 1. The van der Waals surface area contributed by atoms with Crippen LogP contribution in [0.4, 0.5) is 5.69 Å². The SMILES string of the molecule is Nc1cccc(-c2ccc(C(=O)NCc3cccnc3)s2)c1. The Bertz CT molecular complexity index is 783. The van der Waals surface area contributed by atoms with Gasteiger partial charge in [0.25, 0.3) is 5.91 Å². The molecule has 0 aliphatic carbocycles. The molecule has 0 atom stereocenters. The maximum atomic E-state index is 12.2. The zero-order valence-electron chi connectivity index (χ0n) is 11.8. The molecule has 2 heterocycles. The van der Waals surface area contributed by atoms with Gasteiger partial charge in [-0.2, -0.15) is 0 Å². The average molecular weight is 309 g/mol. The smallest absolute Gasteiger partial charge is 0.261 e. The fraction of sp³-hybridized carbons (Fsp3) is 0.0588. The Morgan fingerprint density at radius 2 is 2.09 bits per heavy atom. The molecule has 5 heteroatoms. The van der Waals surface area contributed by atoms with Crippen LogP contribution in [0.15, 0.2) is 60.9 Å². The number of thiophene rings is 1. The van der Waals surface area contributed by atoms with Gasteiger partial charge in [-0.25, -0.2) is 0 Å². The summed E-state index contributed by atoms with van der Waals surface area (Å²) < 4.78 is 0. The highest BCUT2D eigenvalue weighted by Gasteiger charge is 2.10. The lowest BCUT2D eigenvalue weighted by molar-refractivity contribution is 0.0955. The van der Waals surface area contributed by atoms with Crippen molar-refractivity contribution in [2.45, 2.75) is 6.54 Å². The van der Waals surface area contributed by atoms with Crippen molar-refractivity contribution in [3.8, 4) is 10.4 Å². The molecule has 2 aromatic heterocycles. The van der Waals surface area contributed by atoms with E-state index in [2.05, 4.69) is 10.3 Å². The van der Waals surface area contributed by atoms with Gasteiger partial charge in [0.15, 0.2) is 0 Å². The quantitative estimate of drug-likeness (QED) is 0.726. The minimum Gasteiger partial charge on any atom is -0.399 e. The second kappa shape index (κ2) is 6.41. The topological polar surface area (TPSA) is 68.0 Å². The third-order valence-corrected chi connectivity index (χ3v) is 4.31. The molecule has 0 fully saturated rings.